The zero-order valence-electron chi connectivity index (χ0n) is 15.7. The van der Waals surface area contributed by atoms with Gasteiger partial charge in [0.2, 0.25) is 5.91 Å². The zero-order chi connectivity index (χ0) is 20.1. The van der Waals surface area contributed by atoms with Crippen LogP contribution >= 0.6 is 0 Å². The molecule has 0 spiro atoms. The van der Waals surface area contributed by atoms with Crippen molar-refractivity contribution in [2.24, 2.45) is 0 Å². The van der Waals surface area contributed by atoms with Crippen LogP contribution in [-0.2, 0) is 17.5 Å². The van der Waals surface area contributed by atoms with Crippen LogP contribution in [0.4, 0.5) is 19.0 Å². The molecule has 28 heavy (non-hydrogen) atoms. The molecule has 2 aromatic rings. The highest BCUT2D eigenvalue weighted by molar-refractivity contribution is 5.78. The lowest BCUT2D eigenvalue weighted by Gasteiger charge is -2.35. The maximum Gasteiger partial charge on any atom is 0.417 e. The van der Waals surface area contributed by atoms with Crippen molar-refractivity contribution in [2.45, 2.75) is 19.6 Å². The van der Waals surface area contributed by atoms with E-state index in [0.29, 0.717) is 45.1 Å². The van der Waals surface area contributed by atoms with Crippen LogP contribution in [0.25, 0.3) is 0 Å². The molecule has 2 heterocycles. The molecule has 0 saturated carbocycles. The Morgan fingerprint density at radius 2 is 1.75 bits per heavy atom. The molecule has 0 bridgehead atoms. The van der Waals surface area contributed by atoms with E-state index in [-0.39, 0.29) is 5.91 Å². The van der Waals surface area contributed by atoms with Gasteiger partial charge >= 0.3 is 6.18 Å². The highest BCUT2D eigenvalue weighted by Gasteiger charge is 2.31. The Kier molecular flexibility index (Phi) is 6.18. The monoisotopic (exact) mass is 392 g/mol. The van der Waals surface area contributed by atoms with Crippen molar-refractivity contribution in [1.82, 2.24) is 15.2 Å². The summed E-state index contributed by atoms with van der Waals surface area (Å²) in [7, 11) is 0. The molecule has 1 aliphatic rings. The number of alkyl halides is 3. The topological polar surface area (TPSA) is 48.5 Å². The van der Waals surface area contributed by atoms with Gasteiger partial charge in [0.25, 0.3) is 0 Å². The van der Waals surface area contributed by atoms with Gasteiger partial charge in [0.05, 0.1) is 12.1 Å². The first-order valence-electron chi connectivity index (χ1n) is 9.14. The minimum absolute atomic E-state index is 0.0401. The third kappa shape index (κ3) is 5.45. The number of hydrogen-bond acceptors (Lipinski definition) is 4. The number of hydrogen-bond donors (Lipinski definition) is 1. The van der Waals surface area contributed by atoms with Crippen molar-refractivity contribution < 1.29 is 18.0 Å². The number of aryl methyl sites for hydroxylation is 1. The van der Waals surface area contributed by atoms with Gasteiger partial charge in [0, 0.05) is 38.9 Å². The molecular formula is C20H23F3N4O. The normalized spacial score (nSPS) is 15.5. The SMILES string of the molecule is Cc1ccc(CNC(=O)CN2CCN(c3ccc(C(F)(F)F)cn3)CC2)cc1. The molecule has 0 atom stereocenters. The van der Waals surface area contributed by atoms with Crippen molar-refractivity contribution in [3.63, 3.8) is 0 Å². The van der Waals surface area contributed by atoms with Gasteiger partial charge in [-0.1, -0.05) is 29.8 Å². The Balaban J connectivity index is 1.43. The maximum atomic E-state index is 12.6. The number of carbonyl (C=O) groups excluding carboxylic acids is 1. The molecule has 0 radical (unpaired) electrons. The first-order valence-corrected chi connectivity index (χ1v) is 9.14. The lowest BCUT2D eigenvalue weighted by molar-refractivity contribution is -0.137. The van der Waals surface area contributed by atoms with Gasteiger partial charge in [0.15, 0.2) is 0 Å². The molecule has 1 N–H and O–H groups in total. The van der Waals surface area contributed by atoms with E-state index in [4.69, 9.17) is 0 Å². The molecule has 1 amide bonds. The summed E-state index contributed by atoms with van der Waals surface area (Å²) >= 11 is 0. The third-order valence-corrected chi connectivity index (χ3v) is 4.75. The Labute approximate surface area is 162 Å². The maximum absolute atomic E-state index is 12.6. The molecule has 1 aliphatic heterocycles. The molecule has 0 unspecified atom stereocenters. The van der Waals surface area contributed by atoms with Crippen LogP contribution in [0.3, 0.4) is 0 Å². The molecule has 3 rings (SSSR count). The van der Waals surface area contributed by atoms with Crippen LogP contribution in [0.5, 0.6) is 0 Å². The summed E-state index contributed by atoms with van der Waals surface area (Å²) in [5.74, 6) is 0.484. The number of nitrogens with one attached hydrogen (secondary N) is 1. The predicted octanol–water partition coefficient (Wildman–Crippen LogP) is 2.85. The Morgan fingerprint density at radius 1 is 1.07 bits per heavy atom. The van der Waals surface area contributed by atoms with Crippen LogP contribution < -0.4 is 10.2 Å². The fraction of sp³-hybridized carbons (Fsp3) is 0.400. The van der Waals surface area contributed by atoms with Crippen molar-refractivity contribution in [2.75, 3.05) is 37.6 Å². The van der Waals surface area contributed by atoms with Crippen molar-refractivity contribution in [3.05, 3.63) is 59.3 Å². The molecule has 5 nitrogen and oxygen atoms in total. The van der Waals surface area contributed by atoms with Gasteiger partial charge in [-0.05, 0) is 24.6 Å². The summed E-state index contributed by atoms with van der Waals surface area (Å²) in [6.45, 7) is 5.35. The largest absolute Gasteiger partial charge is 0.417 e. The summed E-state index contributed by atoms with van der Waals surface area (Å²) < 4.78 is 37.9. The molecule has 150 valence electrons. The fourth-order valence-corrected chi connectivity index (χ4v) is 3.04. The number of nitrogens with zero attached hydrogens (tertiary/aromatic N) is 3. The number of piperazine rings is 1. The smallest absolute Gasteiger partial charge is 0.354 e. The summed E-state index contributed by atoms with van der Waals surface area (Å²) in [6, 6.07) is 10.4. The minimum Gasteiger partial charge on any atom is -0.354 e. The Bertz CT molecular complexity index is 783. The molecule has 1 saturated heterocycles. The average molecular weight is 392 g/mol. The summed E-state index contributed by atoms with van der Waals surface area (Å²) in [5, 5.41) is 2.92. The lowest BCUT2D eigenvalue weighted by Crippen LogP contribution is -2.49. The highest BCUT2D eigenvalue weighted by atomic mass is 19.4. The van der Waals surface area contributed by atoms with E-state index in [1.54, 1.807) is 0 Å². The average Bonchev–Trinajstić information content (AvgIpc) is 2.68. The van der Waals surface area contributed by atoms with Crippen LogP contribution in [0.2, 0.25) is 0 Å². The lowest BCUT2D eigenvalue weighted by atomic mass is 10.1. The molecule has 0 aliphatic carbocycles. The Morgan fingerprint density at radius 3 is 2.32 bits per heavy atom. The van der Waals surface area contributed by atoms with Gasteiger partial charge < -0.3 is 10.2 Å². The highest BCUT2D eigenvalue weighted by Crippen LogP contribution is 2.29. The molecule has 1 aromatic carbocycles. The third-order valence-electron chi connectivity index (χ3n) is 4.75. The first kappa shape index (κ1) is 20.1. The van der Waals surface area contributed by atoms with Crippen LogP contribution in [0.1, 0.15) is 16.7 Å². The second kappa shape index (κ2) is 8.60. The number of benzene rings is 1. The Hall–Kier alpha value is -2.61. The van der Waals surface area contributed by atoms with Crippen LogP contribution in [-0.4, -0.2) is 48.5 Å². The second-order valence-corrected chi connectivity index (χ2v) is 6.93. The van der Waals surface area contributed by atoms with Gasteiger partial charge in [-0.25, -0.2) is 4.98 Å². The number of anilines is 1. The van der Waals surface area contributed by atoms with Gasteiger partial charge in [-0.2, -0.15) is 13.2 Å². The van der Waals surface area contributed by atoms with Gasteiger partial charge in [-0.15, -0.1) is 0 Å². The number of aromatic nitrogens is 1. The second-order valence-electron chi connectivity index (χ2n) is 6.93. The van der Waals surface area contributed by atoms with Gasteiger partial charge in [0.1, 0.15) is 5.82 Å². The summed E-state index contributed by atoms with van der Waals surface area (Å²) in [5.41, 5.74) is 1.48. The van der Waals surface area contributed by atoms with Crippen LogP contribution in [0, 0.1) is 6.92 Å². The van der Waals surface area contributed by atoms with Crippen LogP contribution in [0.15, 0.2) is 42.6 Å². The van der Waals surface area contributed by atoms with E-state index in [0.717, 1.165) is 17.8 Å². The minimum atomic E-state index is -4.38. The van der Waals surface area contributed by atoms with Crippen molar-refractivity contribution in [1.29, 1.82) is 0 Å². The molecular weight excluding hydrogens is 369 g/mol. The standard InChI is InChI=1S/C20H23F3N4O/c1-15-2-4-16(5-3-15)12-25-19(28)14-26-8-10-27(11-9-26)18-7-6-17(13-24-18)20(21,22)23/h2-7,13H,8-12,14H2,1H3,(H,25,28). The molecule has 1 aromatic heterocycles. The number of rotatable bonds is 5. The molecule has 1 fully saturated rings. The first-order chi connectivity index (χ1) is 13.3. The zero-order valence-corrected chi connectivity index (χ0v) is 15.7. The molecule has 8 heteroatoms. The van der Waals surface area contributed by atoms with E-state index in [1.165, 1.54) is 11.6 Å². The number of carbonyl (C=O) groups is 1. The quantitative estimate of drug-likeness (QED) is 0.850. The van der Waals surface area contributed by atoms with Gasteiger partial charge in [-0.3, -0.25) is 9.69 Å². The van der Waals surface area contributed by atoms with E-state index in [1.807, 2.05) is 41.0 Å². The summed E-state index contributed by atoms with van der Waals surface area (Å²) in [4.78, 5) is 20.0. The fourth-order valence-electron chi connectivity index (χ4n) is 3.04. The number of pyridine rings is 1. The van der Waals surface area contributed by atoms with E-state index in [2.05, 4.69) is 10.3 Å². The van der Waals surface area contributed by atoms with E-state index < -0.39 is 11.7 Å². The number of halogens is 3. The van der Waals surface area contributed by atoms with E-state index in [9.17, 15) is 18.0 Å². The number of amides is 1. The van der Waals surface area contributed by atoms with Crippen molar-refractivity contribution in [3.8, 4) is 0 Å². The predicted molar refractivity (Wildman–Crippen MR) is 101 cm³/mol. The van der Waals surface area contributed by atoms with E-state index >= 15 is 0 Å². The summed E-state index contributed by atoms with van der Waals surface area (Å²) in [6.07, 6.45) is -3.52. The van der Waals surface area contributed by atoms with Crippen molar-refractivity contribution >= 4 is 11.7 Å².